The number of ketones is 1. The minimum Gasteiger partial charge on any atom is -0.479 e. The lowest BCUT2D eigenvalue weighted by Crippen LogP contribution is -2.28. The van der Waals surface area contributed by atoms with Crippen molar-refractivity contribution in [1.82, 2.24) is 0 Å². The van der Waals surface area contributed by atoms with Crippen LogP contribution in [0.3, 0.4) is 0 Å². The summed E-state index contributed by atoms with van der Waals surface area (Å²) in [5, 5.41) is 11.5. The van der Waals surface area contributed by atoms with Gasteiger partial charge in [-0.05, 0) is 61.4 Å². The highest BCUT2D eigenvalue weighted by molar-refractivity contribution is 6.00. The lowest BCUT2D eigenvalue weighted by molar-refractivity contribution is -0.149. The Balaban J connectivity index is 1.54. The number of Topliss-reactive ketones (excluding diaryl/α,β-unsaturated/α-hetero) is 1. The van der Waals surface area contributed by atoms with E-state index in [2.05, 4.69) is 5.32 Å². The Labute approximate surface area is 161 Å². The van der Waals surface area contributed by atoms with E-state index in [0.29, 0.717) is 35.4 Å². The molecule has 28 heavy (non-hydrogen) atoms. The fourth-order valence-electron chi connectivity index (χ4n) is 2.75. The second-order valence-corrected chi connectivity index (χ2v) is 6.35. The van der Waals surface area contributed by atoms with Crippen LogP contribution in [0.2, 0.25) is 0 Å². The molecule has 7 heteroatoms. The van der Waals surface area contributed by atoms with Crippen LogP contribution < -0.4 is 10.1 Å². The maximum absolute atomic E-state index is 12.3. The van der Waals surface area contributed by atoms with Crippen molar-refractivity contribution < 1.29 is 23.9 Å². The Morgan fingerprint density at radius 3 is 2.64 bits per heavy atom. The number of nitriles is 1. The molecule has 0 radical (unpaired) electrons. The Kier molecular flexibility index (Phi) is 5.70. The molecule has 1 amide bonds. The molecule has 2 aromatic carbocycles. The van der Waals surface area contributed by atoms with Crippen molar-refractivity contribution in [2.45, 2.75) is 25.9 Å². The number of anilines is 1. The van der Waals surface area contributed by atoms with Crippen molar-refractivity contribution in [2.24, 2.45) is 0 Å². The first kappa shape index (κ1) is 19.1. The molecule has 0 aromatic heterocycles. The molecule has 142 valence electrons. The summed E-state index contributed by atoms with van der Waals surface area (Å²) in [7, 11) is 0. The number of hydrogen-bond acceptors (Lipinski definition) is 6. The van der Waals surface area contributed by atoms with E-state index in [1.165, 1.54) is 6.92 Å². The summed E-state index contributed by atoms with van der Waals surface area (Å²) in [6.07, 6.45) is 0.0425. The van der Waals surface area contributed by atoms with E-state index in [-0.39, 0.29) is 11.7 Å². The number of rotatable bonds is 6. The molecule has 3 rings (SSSR count). The second-order valence-electron chi connectivity index (χ2n) is 6.35. The van der Waals surface area contributed by atoms with Crippen LogP contribution in [-0.4, -0.2) is 30.4 Å². The Morgan fingerprint density at radius 2 is 1.93 bits per heavy atom. The predicted molar refractivity (Wildman–Crippen MR) is 99.9 cm³/mol. The SMILES string of the molecule is C[C@H](Oc1ccc(C#N)cc1)C(=O)OCC(=O)c1ccc2c(c1)CCC(=O)N2. The number of esters is 1. The molecule has 1 aliphatic rings. The van der Waals surface area contributed by atoms with E-state index in [0.717, 1.165) is 5.56 Å². The lowest BCUT2D eigenvalue weighted by atomic mass is 9.99. The van der Waals surface area contributed by atoms with Gasteiger partial charge in [0.15, 0.2) is 18.5 Å². The quantitative estimate of drug-likeness (QED) is 0.612. The van der Waals surface area contributed by atoms with E-state index in [4.69, 9.17) is 14.7 Å². The molecule has 0 saturated carbocycles. The van der Waals surface area contributed by atoms with E-state index in [9.17, 15) is 14.4 Å². The van der Waals surface area contributed by atoms with Gasteiger partial charge in [0.1, 0.15) is 5.75 Å². The van der Waals surface area contributed by atoms with Gasteiger partial charge in [0.2, 0.25) is 5.91 Å². The smallest absolute Gasteiger partial charge is 0.347 e. The summed E-state index contributed by atoms with van der Waals surface area (Å²) in [5.41, 5.74) is 2.49. The zero-order chi connectivity index (χ0) is 20.1. The first-order valence-corrected chi connectivity index (χ1v) is 8.75. The molecule has 0 unspecified atom stereocenters. The molecule has 0 fully saturated rings. The third kappa shape index (κ3) is 4.54. The number of nitrogens with zero attached hydrogens (tertiary/aromatic N) is 1. The minimum absolute atomic E-state index is 0.0447. The van der Waals surface area contributed by atoms with E-state index in [1.54, 1.807) is 42.5 Å². The highest BCUT2D eigenvalue weighted by Gasteiger charge is 2.20. The molecule has 1 atom stereocenters. The monoisotopic (exact) mass is 378 g/mol. The number of hydrogen-bond donors (Lipinski definition) is 1. The van der Waals surface area contributed by atoms with Crippen molar-refractivity contribution in [2.75, 3.05) is 11.9 Å². The number of benzene rings is 2. The number of carbonyl (C=O) groups excluding carboxylic acids is 3. The van der Waals surface area contributed by atoms with Crippen LogP contribution in [0.25, 0.3) is 0 Å². The molecule has 0 saturated heterocycles. The zero-order valence-corrected chi connectivity index (χ0v) is 15.2. The van der Waals surface area contributed by atoms with Gasteiger partial charge in [-0.25, -0.2) is 4.79 Å². The van der Waals surface area contributed by atoms with Crippen LogP contribution in [0.5, 0.6) is 5.75 Å². The van der Waals surface area contributed by atoms with Gasteiger partial charge >= 0.3 is 5.97 Å². The van der Waals surface area contributed by atoms with Crippen molar-refractivity contribution in [3.63, 3.8) is 0 Å². The third-order valence-corrected chi connectivity index (χ3v) is 4.30. The Hall–Kier alpha value is -3.66. The number of carbonyl (C=O) groups is 3. The van der Waals surface area contributed by atoms with Gasteiger partial charge in [0.05, 0.1) is 11.6 Å². The molecule has 2 aromatic rings. The van der Waals surface area contributed by atoms with Crippen molar-refractivity contribution in [1.29, 1.82) is 5.26 Å². The Bertz CT molecular complexity index is 960. The maximum Gasteiger partial charge on any atom is 0.347 e. The van der Waals surface area contributed by atoms with Gasteiger partial charge in [-0.15, -0.1) is 0 Å². The third-order valence-electron chi connectivity index (χ3n) is 4.30. The van der Waals surface area contributed by atoms with Crippen molar-refractivity contribution in [3.8, 4) is 11.8 Å². The zero-order valence-electron chi connectivity index (χ0n) is 15.2. The van der Waals surface area contributed by atoms with Crippen LogP contribution in [0.15, 0.2) is 42.5 Å². The standard InChI is InChI=1S/C21H18N2O5/c1-13(28-17-6-2-14(11-22)3-7-17)21(26)27-12-19(24)16-4-8-18-15(10-16)5-9-20(25)23-18/h2-4,6-8,10,13H,5,9,12H2,1H3,(H,23,25)/t13-/m0/s1. The highest BCUT2D eigenvalue weighted by Crippen LogP contribution is 2.23. The van der Waals surface area contributed by atoms with Gasteiger partial charge in [-0.3, -0.25) is 9.59 Å². The van der Waals surface area contributed by atoms with Crippen LogP contribution in [0, 0.1) is 11.3 Å². The van der Waals surface area contributed by atoms with Crippen molar-refractivity contribution in [3.05, 3.63) is 59.2 Å². The van der Waals surface area contributed by atoms with E-state index < -0.39 is 18.7 Å². The number of aryl methyl sites for hydroxylation is 1. The van der Waals surface area contributed by atoms with Gasteiger partial charge in [-0.2, -0.15) is 5.26 Å². The van der Waals surface area contributed by atoms with Gasteiger partial charge < -0.3 is 14.8 Å². The van der Waals surface area contributed by atoms with Gasteiger partial charge in [-0.1, -0.05) is 0 Å². The van der Waals surface area contributed by atoms with Gasteiger partial charge in [0, 0.05) is 17.7 Å². The molecular weight excluding hydrogens is 360 g/mol. The van der Waals surface area contributed by atoms with Crippen LogP contribution >= 0.6 is 0 Å². The minimum atomic E-state index is -0.903. The summed E-state index contributed by atoms with van der Waals surface area (Å²) in [6.45, 7) is 1.12. The topological polar surface area (TPSA) is 105 Å². The normalized spacial score (nSPS) is 13.5. The van der Waals surface area contributed by atoms with E-state index >= 15 is 0 Å². The Morgan fingerprint density at radius 1 is 1.18 bits per heavy atom. The fourth-order valence-corrected chi connectivity index (χ4v) is 2.75. The average molecular weight is 378 g/mol. The van der Waals surface area contributed by atoms with Crippen LogP contribution in [-0.2, 0) is 20.7 Å². The number of nitrogens with one attached hydrogen (secondary N) is 1. The molecule has 0 spiro atoms. The van der Waals surface area contributed by atoms with E-state index in [1.807, 2.05) is 6.07 Å². The van der Waals surface area contributed by atoms with Crippen LogP contribution in [0.4, 0.5) is 5.69 Å². The molecule has 0 aliphatic carbocycles. The molecular formula is C21H18N2O5. The first-order valence-electron chi connectivity index (χ1n) is 8.75. The van der Waals surface area contributed by atoms with Crippen LogP contribution in [0.1, 0.15) is 34.8 Å². The molecule has 1 N–H and O–H groups in total. The second kappa shape index (κ2) is 8.35. The summed E-state index contributed by atoms with van der Waals surface area (Å²) < 4.78 is 10.5. The van der Waals surface area contributed by atoms with Gasteiger partial charge in [0.25, 0.3) is 0 Å². The summed E-state index contributed by atoms with van der Waals surface area (Å²) in [6, 6.07) is 13.3. The van der Waals surface area contributed by atoms with Crippen molar-refractivity contribution >= 4 is 23.3 Å². The predicted octanol–water partition coefficient (Wildman–Crippen LogP) is 2.64. The number of amides is 1. The summed E-state index contributed by atoms with van der Waals surface area (Å²) in [5.74, 6) is -0.621. The number of fused-ring (bicyclic) bond motifs is 1. The lowest BCUT2D eigenvalue weighted by Gasteiger charge is -2.17. The maximum atomic E-state index is 12.3. The summed E-state index contributed by atoms with van der Waals surface area (Å²) in [4.78, 5) is 35.8. The average Bonchev–Trinajstić information content (AvgIpc) is 2.71. The molecule has 1 heterocycles. The highest BCUT2D eigenvalue weighted by atomic mass is 16.6. The largest absolute Gasteiger partial charge is 0.479 e. The molecule has 1 aliphatic heterocycles. The first-order chi connectivity index (χ1) is 13.5. The number of ether oxygens (including phenoxy) is 2. The molecule has 0 bridgehead atoms. The molecule has 7 nitrogen and oxygen atoms in total. The fraction of sp³-hybridized carbons (Fsp3) is 0.238. The summed E-state index contributed by atoms with van der Waals surface area (Å²) >= 11 is 0.